The summed E-state index contributed by atoms with van der Waals surface area (Å²) in [5, 5.41) is 0. The van der Waals surface area contributed by atoms with E-state index < -0.39 is 0 Å². The van der Waals surface area contributed by atoms with Crippen LogP contribution in [-0.2, 0) is 16.0 Å². The highest BCUT2D eigenvalue weighted by Crippen LogP contribution is 2.10. The fourth-order valence-electron chi connectivity index (χ4n) is 1.35. The molecular weight excluding hydrogens is 178 g/mol. The van der Waals surface area contributed by atoms with Gasteiger partial charge in [0.2, 0.25) is 0 Å². The summed E-state index contributed by atoms with van der Waals surface area (Å²) < 4.78 is 4.99. The van der Waals surface area contributed by atoms with Crippen molar-refractivity contribution in [2.45, 2.75) is 19.4 Å². The van der Waals surface area contributed by atoms with Gasteiger partial charge in [-0.2, -0.15) is 0 Å². The first-order chi connectivity index (χ1) is 6.75. The Balaban J connectivity index is 2.07. The molecule has 0 N–H and O–H groups in total. The van der Waals surface area contributed by atoms with Gasteiger partial charge in [0, 0.05) is 6.42 Å². The van der Waals surface area contributed by atoms with Gasteiger partial charge in [-0.25, -0.2) is 9.79 Å². The number of carbonyl (C=O) groups excluding carboxylic acids is 1. The van der Waals surface area contributed by atoms with Gasteiger partial charge in [0.15, 0.2) is 5.90 Å². The van der Waals surface area contributed by atoms with E-state index in [1.54, 1.807) is 6.92 Å². The average Bonchev–Trinajstić information content (AvgIpc) is 2.47. The van der Waals surface area contributed by atoms with Crippen molar-refractivity contribution >= 4 is 11.9 Å². The highest BCUT2D eigenvalue weighted by Gasteiger charge is 2.24. The Morgan fingerprint density at radius 3 is 2.64 bits per heavy atom. The SMILES string of the molecule is CC1N=C(Cc2ccccc2)OC1=O. The summed E-state index contributed by atoms with van der Waals surface area (Å²) in [6.07, 6.45) is 0.594. The van der Waals surface area contributed by atoms with E-state index in [0.29, 0.717) is 12.3 Å². The molecule has 3 nitrogen and oxygen atoms in total. The van der Waals surface area contributed by atoms with Crippen LogP contribution in [0.2, 0.25) is 0 Å². The Kier molecular flexibility index (Phi) is 2.31. The van der Waals surface area contributed by atoms with Gasteiger partial charge in [0.05, 0.1) is 0 Å². The molecule has 1 atom stereocenters. The van der Waals surface area contributed by atoms with Gasteiger partial charge in [-0.05, 0) is 12.5 Å². The summed E-state index contributed by atoms with van der Waals surface area (Å²) >= 11 is 0. The number of hydrogen-bond donors (Lipinski definition) is 0. The number of esters is 1. The van der Waals surface area contributed by atoms with Crippen molar-refractivity contribution < 1.29 is 9.53 Å². The molecule has 1 aliphatic rings. The molecule has 14 heavy (non-hydrogen) atoms. The summed E-state index contributed by atoms with van der Waals surface area (Å²) in [5.41, 5.74) is 1.10. The molecule has 0 saturated carbocycles. The molecule has 0 aliphatic carbocycles. The number of cyclic esters (lactones) is 1. The van der Waals surface area contributed by atoms with Crippen molar-refractivity contribution in [3.05, 3.63) is 35.9 Å². The Morgan fingerprint density at radius 2 is 2.07 bits per heavy atom. The van der Waals surface area contributed by atoms with Crippen LogP contribution in [0.4, 0.5) is 0 Å². The third-order valence-corrected chi connectivity index (χ3v) is 2.10. The molecule has 1 heterocycles. The molecule has 72 valence electrons. The average molecular weight is 189 g/mol. The molecule has 0 saturated heterocycles. The molecule has 1 aliphatic heterocycles. The van der Waals surface area contributed by atoms with E-state index in [-0.39, 0.29) is 12.0 Å². The summed E-state index contributed by atoms with van der Waals surface area (Å²) in [6, 6.07) is 9.49. The molecule has 0 amide bonds. The molecular formula is C11H11NO2. The maximum Gasteiger partial charge on any atom is 0.337 e. The third-order valence-electron chi connectivity index (χ3n) is 2.10. The van der Waals surface area contributed by atoms with Gasteiger partial charge in [-0.15, -0.1) is 0 Å². The zero-order valence-corrected chi connectivity index (χ0v) is 7.93. The highest BCUT2D eigenvalue weighted by atomic mass is 16.6. The van der Waals surface area contributed by atoms with Crippen LogP contribution in [0.5, 0.6) is 0 Å². The highest BCUT2D eigenvalue weighted by molar-refractivity contribution is 5.97. The smallest absolute Gasteiger partial charge is 0.337 e. The zero-order valence-electron chi connectivity index (χ0n) is 7.93. The minimum atomic E-state index is -0.339. The van der Waals surface area contributed by atoms with Crippen LogP contribution in [0.3, 0.4) is 0 Å². The number of hydrogen-bond acceptors (Lipinski definition) is 3. The van der Waals surface area contributed by atoms with Crippen LogP contribution >= 0.6 is 0 Å². The molecule has 1 aromatic carbocycles. The maximum atomic E-state index is 11.0. The Hall–Kier alpha value is -1.64. The second-order valence-corrected chi connectivity index (χ2v) is 3.28. The van der Waals surface area contributed by atoms with Crippen LogP contribution in [0.1, 0.15) is 12.5 Å². The Morgan fingerprint density at radius 1 is 1.36 bits per heavy atom. The van der Waals surface area contributed by atoms with Gasteiger partial charge >= 0.3 is 5.97 Å². The van der Waals surface area contributed by atoms with Crippen molar-refractivity contribution in [3.63, 3.8) is 0 Å². The van der Waals surface area contributed by atoms with E-state index in [9.17, 15) is 4.79 Å². The molecule has 2 rings (SSSR count). The van der Waals surface area contributed by atoms with Crippen LogP contribution in [0.25, 0.3) is 0 Å². The lowest BCUT2D eigenvalue weighted by molar-refractivity contribution is -0.134. The summed E-state index contributed by atoms with van der Waals surface area (Å²) in [5.74, 6) is 0.268. The predicted octanol–water partition coefficient (Wildman–Crippen LogP) is 1.57. The maximum absolute atomic E-state index is 11.0. The van der Waals surface area contributed by atoms with Crippen LogP contribution < -0.4 is 0 Å². The van der Waals surface area contributed by atoms with Crippen molar-refractivity contribution in [1.29, 1.82) is 0 Å². The Labute approximate surface area is 82.4 Å². The van der Waals surface area contributed by atoms with E-state index in [4.69, 9.17) is 4.74 Å². The molecule has 3 heteroatoms. The van der Waals surface area contributed by atoms with E-state index >= 15 is 0 Å². The van der Waals surface area contributed by atoms with Gasteiger partial charge in [-0.3, -0.25) is 0 Å². The summed E-state index contributed by atoms with van der Waals surface area (Å²) in [7, 11) is 0. The Bertz CT molecular complexity index is 370. The van der Waals surface area contributed by atoms with Crippen LogP contribution in [0, 0.1) is 0 Å². The lowest BCUT2D eigenvalue weighted by Gasteiger charge is -1.99. The lowest BCUT2D eigenvalue weighted by Crippen LogP contribution is -2.11. The monoisotopic (exact) mass is 189 g/mol. The van der Waals surface area contributed by atoms with E-state index in [2.05, 4.69) is 4.99 Å². The standard InChI is InChI=1S/C11H11NO2/c1-8-11(13)14-10(12-8)7-9-5-3-2-4-6-9/h2-6,8H,7H2,1H3. The number of carbonyl (C=O) groups is 1. The van der Waals surface area contributed by atoms with E-state index in [0.717, 1.165) is 5.56 Å². The van der Waals surface area contributed by atoms with Crippen molar-refractivity contribution in [1.82, 2.24) is 0 Å². The van der Waals surface area contributed by atoms with Crippen molar-refractivity contribution in [2.24, 2.45) is 4.99 Å². The van der Waals surface area contributed by atoms with E-state index in [1.165, 1.54) is 0 Å². The minimum absolute atomic E-state index is 0.254. The van der Waals surface area contributed by atoms with Gasteiger partial charge in [-0.1, -0.05) is 30.3 Å². The third kappa shape index (κ3) is 1.82. The first kappa shape index (κ1) is 8.94. The predicted molar refractivity (Wildman–Crippen MR) is 53.1 cm³/mol. The molecule has 0 bridgehead atoms. The zero-order chi connectivity index (χ0) is 9.97. The molecule has 0 aromatic heterocycles. The van der Waals surface area contributed by atoms with E-state index in [1.807, 2.05) is 30.3 Å². The molecule has 0 radical (unpaired) electrons. The van der Waals surface area contributed by atoms with Crippen LogP contribution in [-0.4, -0.2) is 17.9 Å². The topological polar surface area (TPSA) is 38.7 Å². The number of aliphatic imine (C=N–C) groups is 1. The number of nitrogens with zero attached hydrogens (tertiary/aromatic N) is 1. The van der Waals surface area contributed by atoms with Gasteiger partial charge in [0.25, 0.3) is 0 Å². The molecule has 1 aromatic rings. The van der Waals surface area contributed by atoms with Crippen LogP contribution in [0.15, 0.2) is 35.3 Å². The quantitative estimate of drug-likeness (QED) is 0.662. The number of benzene rings is 1. The fourth-order valence-corrected chi connectivity index (χ4v) is 1.35. The summed E-state index contributed by atoms with van der Waals surface area (Å²) in [4.78, 5) is 15.1. The van der Waals surface area contributed by atoms with Gasteiger partial charge in [0.1, 0.15) is 6.04 Å². The molecule has 0 fully saturated rings. The lowest BCUT2D eigenvalue weighted by atomic mass is 10.1. The molecule has 0 spiro atoms. The van der Waals surface area contributed by atoms with Crippen molar-refractivity contribution in [3.8, 4) is 0 Å². The fraction of sp³-hybridized carbons (Fsp3) is 0.273. The number of rotatable bonds is 2. The van der Waals surface area contributed by atoms with Crippen molar-refractivity contribution in [2.75, 3.05) is 0 Å². The minimum Gasteiger partial charge on any atom is -0.410 e. The largest absolute Gasteiger partial charge is 0.410 e. The number of ether oxygens (including phenoxy) is 1. The second kappa shape index (κ2) is 3.62. The van der Waals surface area contributed by atoms with Gasteiger partial charge < -0.3 is 4.74 Å². The first-order valence-electron chi connectivity index (χ1n) is 4.58. The summed E-state index contributed by atoms with van der Waals surface area (Å²) in [6.45, 7) is 1.74. The first-order valence-corrected chi connectivity index (χ1v) is 4.58. The molecule has 1 unspecified atom stereocenters. The normalized spacial score (nSPS) is 20.5. The second-order valence-electron chi connectivity index (χ2n) is 3.28.